The van der Waals surface area contributed by atoms with E-state index in [1.807, 2.05) is 60.7 Å². The van der Waals surface area contributed by atoms with Crippen molar-refractivity contribution >= 4 is 5.97 Å². The van der Waals surface area contributed by atoms with E-state index in [0.717, 1.165) is 78.3 Å². The second-order valence-electron chi connectivity index (χ2n) is 14.3. The van der Waals surface area contributed by atoms with E-state index in [-0.39, 0.29) is 17.5 Å². The first-order chi connectivity index (χ1) is 28.1. The summed E-state index contributed by atoms with van der Waals surface area (Å²) in [6.07, 6.45) is 21.8. The Bertz CT molecular complexity index is 2090. The number of ether oxygens (including phenoxy) is 1. The van der Waals surface area contributed by atoms with E-state index >= 15 is 0 Å². The molecule has 0 fully saturated rings. The zero-order chi connectivity index (χ0) is 39.5. The first kappa shape index (κ1) is 40.5. The zero-order valence-electron chi connectivity index (χ0n) is 33.0. The van der Waals surface area contributed by atoms with Gasteiger partial charge in [-0.2, -0.15) is 0 Å². The van der Waals surface area contributed by atoms with Crippen LogP contribution in [0.4, 0.5) is 0 Å². The normalized spacial score (nSPS) is 11.4. The third-order valence-corrected chi connectivity index (χ3v) is 9.91. The molecule has 6 nitrogen and oxygen atoms in total. The number of hydrogen-bond donors (Lipinski definition) is 1. The molecule has 57 heavy (non-hydrogen) atoms. The molecule has 6 rings (SSSR count). The van der Waals surface area contributed by atoms with Gasteiger partial charge in [0.2, 0.25) is 0 Å². The van der Waals surface area contributed by atoms with Gasteiger partial charge in [0.15, 0.2) is 17.5 Å². The number of carbonyl (C=O) groups excluding carboxylic acids is 1. The summed E-state index contributed by atoms with van der Waals surface area (Å²) in [5.41, 5.74) is 6.47. The molecule has 0 saturated heterocycles. The molecular formula is C51H53N3O3. The van der Waals surface area contributed by atoms with Crippen molar-refractivity contribution in [3.8, 4) is 67.9 Å². The van der Waals surface area contributed by atoms with Crippen LogP contribution in [-0.2, 0) is 4.79 Å². The Labute approximate surface area is 338 Å². The Kier molecular flexibility index (Phi) is 15.5. The maximum absolute atomic E-state index is 12.7. The monoisotopic (exact) mass is 755 g/mol. The highest BCUT2D eigenvalue weighted by atomic mass is 16.5. The van der Waals surface area contributed by atoms with Crippen molar-refractivity contribution in [1.82, 2.24) is 15.0 Å². The minimum Gasteiger partial charge on any atom is -0.507 e. The molecule has 0 aliphatic rings. The molecule has 0 amide bonds. The van der Waals surface area contributed by atoms with E-state index < -0.39 is 0 Å². The Hall–Kier alpha value is -6.14. The molecule has 6 heteroatoms. The Morgan fingerprint density at radius 1 is 0.526 bits per heavy atom. The van der Waals surface area contributed by atoms with Gasteiger partial charge in [-0.05, 0) is 72.9 Å². The fraction of sp³-hybridized carbons (Fsp3) is 0.255. The second-order valence-corrected chi connectivity index (χ2v) is 14.3. The summed E-state index contributed by atoms with van der Waals surface area (Å²) in [4.78, 5) is 27.2. The highest BCUT2D eigenvalue weighted by molar-refractivity contribution is 5.75. The number of carbonyl (C=O) groups is 1. The first-order valence-corrected chi connectivity index (χ1v) is 20.5. The van der Waals surface area contributed by atoms with Crippen molar-refractivity contribution in [1.29, 1.82) is 0 Å². The van der Waals surface area contributed by atoms with Crippen molar-refractivity contribution in [2.45, 2.75) is 84.0 Å². The van der Waals surface area contributed by atoms with Crippen LogP contribution >= 0.6 is 0 Å². The summed E-state index contributed by atoms with van der Waals surface area (Å²) in [5.74, 6) is 1.17. The van der Waals surface area contributed by atoms with Crippen LogP contribution in [-0.4, -0.2) is 26.0 Å². The predicted molar refractivity (Wildman–Crippen MR) is 234 cm³/mol. The Morgan fingerprint density at radius 3 is 1.54 bits per heavy atom. The molecule has 0 aliphatic carbocycles. The largest absolute Gasteiger partial charge is 0.507 e. The van der Waals surface area contributed by atoms with E-state index in [4.69, 9.17) is 19.7 Å². The van der Waals surface area contributed by atoms with Gasteiger partial charge in [0.25, 0.3) is 0 Å². The third-order valence-electron chi connectivity index (χ3n) is 9.91. The lowest BCUT2D eigenvalue weighted by atomic mass is 10.0. The number of unbranched alkanes of at least 4 members (excludes halogenated alkanes) is 8. The topological polar surface area (TPSA) is 85.2 Å². The minimum absolute atomic E-state index is 0.0840. The summed E-state index contributed by atoms with van der Waals surface area (Å²) in [5, 5.41) is 11.2. The van der Waals surface area contributed by atoms with Gasteiger partial charge in [-0.15, -0.1) is 0 Å². The van der Waals surface area contributed by atoms with Crippen molar-refractivity contribution in [3.63, 3.8) is 0 Å². The molecule has 5 aromatic carbocycles. The summed E-state index contributed by atoms with van der Waals surface area (Å²) < 4.78 is 5.62. The lowest BCUT2D eigenvalue weighted by Crippen LogP contribution is -2.07. The Balaban J connectivity index is 1.07. The molecule has 1 heterocycles. The predicted octanol–water partition coefficient (Wildman–Crippen LogP) is 13.6. The fourth-order valence-corrected chi connectivity index (χ4v) is 6.67. The quantitative estimate of drug-likeness (QED) is 0.0361. The zero-order valence-corrected chi connectivity index (χ0v) is 33.0. The molecule has 0 atom stereocenters. The summed E-state index contributed by atoms with van der Waals surface area (Å²) in [6, 6.07) is 41.4. The lowest BCUT2D eigenvalue weighted by Gasteiger charge is -2.11. The number of aromatic hydroxyl groups is 1. The molecule has 0 spiro atoms. The van der Waals surface area contributed by atoms with Gasteiger partial charge >= 0.3 is 5.97 Å². The van der Waals surface area contributed by atoms with Crippen LogP contribution in [0.25, 0.3) is 56.4 Å². The van der Waals surface area contributed by atoms with Gasteiger partial charge in [-0.25, -0.2) is 15.0 Å². The Morgan fingerprint density at radius 2 is 1.00 bits per heavy atom. The van der Waals surface area contributed by atoms with Gasteiger partial charge in [0.1, 0.15) is 11.5 Å². The van der Waals surface area contributed by atoms with E-state index in [0.29, 0.717) is 29.5 Å². The van der Waals surface area contributed by atoms with Crippen molar-refractivity contribution in [2.24, 2.45) is 0 Å². The van der Waals surface area contributed by atoms with E-state index in [9.17, 15) is 9.90 Å². The fourth-order valence-electron chi connectivity index (χ4n) is 6.67. The lowest BCUT2D eigenvalue weighted by molar-refractivity contribution is -0.134. The molecule has 0 radical (unpaired) electrons. The van der Waals surface area contributed by atoms with Crippen LogP contribution < -0.4 is 4.74 Å². The molecular weight excluding hydrogens is 703 g/mol. The highest BCUT2D eigenvalue weighted by Crippen LogP contribution is 2.34. The summed E-state index contributed by atoms with van der Waals surface area (Å²) >= 11 is 0. The number of esters is 1. The average Bonchev–Trinajstić information content (AvgIpc) is 3.25. The minimum atomic E-state index is -0.310. The van der Waals surface area contributed by atoms with Gasteiger partial charge in [-0.3, -0.25) is 4.79 Å². The van der Waals surface area contributed by atoms with Crippen LogP contribution in [0.5, 0.6) is 11.5 Å². The smallest absolute Gasteiger partial charge is 0.311 e. The first-order valence-electron chi connectivity index (χ1n) is 20.5. The number of nitrogens with zero attached hydrogens (tertiary/aromatic N) is 3. The maximum Gasteiger partial charge on any atom is 0.311 e. The third kappa shape index (κ3) is 12.4. The molecule has 0 bridgehead atoms. The van der Waals surface area contributed by atoms with Gasteiger partial charge < -0.3 is 9.84 Å². The summed E-state index contributed by atoms with van der Waals surface area (Å²) in [7, 11) is 0. The van der Waals surface area contributed by atoms with Crippen molar-refractivity contribution < 1.29 is 14.6 Å². The molecule has 0 aliphatic heterocycles. The summed E-state index contributed by atoms with van der Waals surface area (Å²) in [6.45, 7) is 2.24. The molecule has 1 N–H and O–H groups in total. The average molecular weight is 756 g/mol. The van der Waals surface area contributed by atoms with Crippen LogP contribution in [0, 0.1) is 0 Å². The van der Waals surface area contributed by atoms with Gasteiger partial charge in [0, 0.05) is 23.6 Å². The molecule has 6 aromatic rings. The standard InChI is InChI=1S/C51H53N3O3/c1-2-3-4-5-6-7-8-9-10-11-12-13-14-15-22-27-48(56)57-45-36-37-46(47(55)38-45)51-53-49(43-32-28-41(29-33-43)39-23-18-16-19-24-39)52-50(54-51)44-34-30-42(31-35-44)40-25-20-17-21-26-40/h6-7,9-10,16-21,23-26,28-38,55H,2-5,8,11-15,22,27H2,1H3. The SMILES string of the molecule is CCCCCC=CCC=CCCCCCCCC(=O)Oc1ccc(-c2nc(-c3ccc(-c4ccccc4)cc3)nc(-c3ccc(-c4ccccc4)cc3)n2)c(O)c1. The van der Waals surface area contributed by atoms with Crippen LogP contribution in [0.15, 0.2) is 152 Å². The van der Waals surface area contributed by atoms with Gasteiger partial charge in [0.05, 0.1) is 5.56 Å². The van der Waals surface area contributed by atoms with E-state index in [1.165, 1.54) is 31.7 Å². The molecule has 0 saturated carbocycles. The number of allylic oxidation sites excluding steroid dienone is 4. The molecule has 290 valence electrons. The number of rotatable bonds is 20. The number of phenolic OH excluding ortho intramolecular Hbond substituents is 1. The number of hydrogen-bond acceptors (Lipinski definition) is 6. The van der Waals surface area contributed by atoms with Crippen LogP contribution in [0.3, 0.4) is 0 Å². The maximum atomic E-state index is 12.7. The van der Waals surface area contributed by atoms with Crippen molar-refractivity contribution in [3.05, 3.63) is 152 Å². The van der Waals surface area contributed by atoms with Crippen LogP contribution in [0.2, 0.25) is 0 Å². The second kappa shape index (κ2) is 21.8. The van der Waals surface area contributed by atoms with Gasteiger partial charge in [-0.1, -0.05) is 173 Å². The number of aromatic nitrogens is 3. The van der Waals surface area contributed by atoms with Crippen molar-refractivity contribution in [2.75, 3.05) is 0 Å². The van der Waals surface area contributed by atoms with E-state index in [2.05, 4.69) is 79.8 Å². The number of benzene rings is 5. The molecule has 0 unspecified atom stereocenters. The van der Waals surface area contributed by atoms with E-state index in [1.54, 1.807) is 12.1 Å². The number of phenols is 1. The molecule has 1 aromatic heterocycles. The highest BCUT2D eigenvalue weighted by Gasteiger charge is 2.17. The van der Waals surface area contributed by atoms with Crippen LogP contribution in [0.1, 0.15) is 84.0 Å².